The number of benzene rings is 1. The number of urea groups is 1. The molecule has 0 aliphatic rings. The molecule has 4 nitrogen and oxygen atoms in total. The van der Waals surface area contributed by atoms with Crippen molar-refractivity contribution in [1.82, 2.24) is 0 Å². The summed E-state index contributed by atoms with van der Waals surface area (Å²) in [6.07, 6.45) is 0. The van der Waals surface area contributed by atoms with Gasteiger partial charge in [-0.15, -0.1) is 11.3 Å². The summed E-state index contributed by atoms with van der Waals surface area (Å²) >= 11 is 5.08. The van der Waals surface area contributed by atoms with Crippen molar-refractivity contribution in [1.29, 1.82) is 0 Å². The van der Waals surface area contributed by atoms with Crippen LogP contribution < -0.4 is 16.4 Å². The van der Waals surface area contributed by atoms with Gasteiger partial charge in [-0.25, -0.2) is 4.79 Å². The fourth-order valence-corrected chi connectivity index (χ4v) is 2.70. The van der Waals surface area contributed by atoms with Crippen LogP contribution >= 0.6 is 27.3 Å². The molecule has 0 atom stereocenters. The molecular weight excluding hydrogens is 314 g/mol. The van der Waals surface area contributed by atoms with Crippen molar-refractivity contribution in [2.24, 2.45) is 5.73 Å². The van der Waals surface area contributed by atoms with Crippen molar-refractivity contribution < 1.29 is 4.79 Å². The molecule has 0 spiro atoms. The summed E-state index contributed by atoms with van der Waals surface area (Å²) in [6, 6.07) is 8.94. The van der Waals surface area contributed by atoms with E-state index in [4.69, 9.17) is 5.73 Å². The first-order valence-electron chi connectivity index (χ1n) is 5.27. The van der Waals surface area contributed by atoms with Crippen LogP contribution in [0.15, 0.2) is 39.5 Å². The molecule has 0 saturated heterocycles. The monoisotopic (exact) mass is 325 g/mol. The molecule has 18 heavy (non-hydrogen) atoms. The van der Waals surface area contributed by atoms with E-state index in [9.17, 15) is 4.79 Å². The standard InChI is InChI=1S/C12H12BrN3OS/c13-11-4-8(7-18-11)6-15-9-2-1-3-10(5-9)16-12(14)17/h1-5,7,15H,6H2,(H3,14,16,17). The van der Waals surface area contributed by atoms with Crippen LogP contribution in [-0.4, -0.2) is 6.03 Å². The van der Waals surface area contributed by atoms with Gasteiger partial charge in [-0.05, 0) is 51.1 Å². The van der Waals surface area contributed by atoms with Gasteiger partial charge in [0.1, 0.15) is 0 Å². The van der Waals surface area contributed by atoms with Crippen LogP contribution in [0.2, 0.25) is 0 Å². The van der Waals surface area contributed by atoms with Crippen LogP contribution in [0.3, 0.4) is 0 Å². The average molecular weight is 326 g/mol. The molecule has 2 amide bonds. The van der Waals surface area contributed by atoms with Crippen molar-refractivity contribution in [3.8, 4) is 0 Å². The third-order valence-electron chi connectivity index (χ3n) is 2.25. The Bertz CT molecular complexity index is 556. The van der Waals surface area contributed by atoms with E-state index in [-0.39, 0.29) is 0 Å². The number of nitrogens with two attached hydrogens (primary N) is 1. The molecule has 0 radical (unpaired) electrons. The van der Waals surface area contributed by atoms with Gasteiger partial charge in [-0.1, -0.05) is 6.07 Å². The summed E-state index contributed by atoms with van der Waals surface area (Å²) in [4.78, 5) is 10.7. The first-order valence-corrected chi connectivity index (χ1v) is 6.94. The first-order chi connectivity index (χ1) is 8.63. The highest BCUT2D eigenvalue weighted by molar-refractivity contribution is 9.11. The molecule has 0 unspecified atom stereocenters. The van der Waals surface area contributed by atoms with E-state index in [2.05, 4.69) is 38.0 Å². The van der Waals surface area contributed by atoms with E-state index in [1.165, 1.54) is 5.56 Å². The second-order valence-corrected chi connectivity index (χ2v) is 5.97. The SMILES string of the molecule is NC(=O)Nc1cccc(NCc2csc(Br)c2)c1. The molecule has 6 heteroatoms. The normalized spacial score (nSPS) is 10.1. The van der Waals surface area contributed by atoms with Crippen LogP contribution in [0.5, 0.6) is 0 Å². The molecule has 94 valence electrons. The average Bonchev–Trinajstić information content (AvgIpc) is 2.72. The van der Waals surface area contributed by atoms with Crippen LogP contribution in [0.1, 0.15) is 5.56 Å². The third kappa shape index (κ3) is 3.75. The number of carbonyl (C=O) groups excluding carboxylic acids is 1. The summed E-state index contributed by atoms with van der Waals surface area (Å²) in [5, 5.41) is 7.91. The topological polar surface area (TPSA) is 67.2 Å². The van der Waals surface area contributed by atoms with Gasteiger partial charge < -0.3 is 16.4 Å². The van der Waals surface area contributed by atoms with Crippen molar-refractivity contribution in [2.45, 2.75) is 6.54 Å². The Morgan fingerprint density at radius 1 is 1.33 bits per heavy atom. The van der Waals surface area contributed by atoms with E-state index in [1.54, 1.807) is 17.4 Å². The van der Waals surface area contributed by atoms with Gasteiger partial charge in [0.05, 0.1) is 3.79 Å². The smallest absolute Gasteiger partial charge is 0.316 e. The second-order valence-electron chi connectivity index (χ2n) is 3.68. The number of amides is 2. The number of hydrogen-bond donors (Lipinski definition) is 3. The lowest BCUT2D eigenvalue weighted by Crippen LogP contribution is -2.19. The lowest BCUT2D eigenvalue weighted by molar-refractivity contribution is 0.259. The maximum Gasteiger partial charge on any atom is 0.316 e. The van der Waals surface area contributed by atoms with Gasteiger partial charge in [0, 0.05) is 17.9 Å². The van der Waals surface area contributed by atoms with Gasteiger partial charge in [-0.2, -0.15) is 0 Å². The van der Waals surface area contributed by atoms with Crippen LogP contribution in [0.4, 0.5) is 16.2 Å². The summed E-state index contributed by atoms with van der Waals surface area (Å²) in [5.74, 6) is 0. The van der Waals surface area contributed by atoms with E-state index < -0.39 is 6.03 Å². The number of anilines is 2. The Hall–Kier alpha value is -1.53. The van der Waals surface area contributed by atoms with Crippen molar-refractivity contribution in [2.75, 3.05) is 10.6 Å². The Balaban J connectivity index is 1.98. The molecule has 0 bridgehead atoms. The van der Waals surface area contributed by atoms with Crippen LogP contribution in [-0.2, 0) is 6.54 Å². The molecular formula is C12H12BrN3OS. The highest BCUT2D eigenvalue weighted by Crippen LogP contribution is 2.22. The Labute approximate surface area is 117 Å². The van der Waals surface area contributed by atoms with E-state index in [1.807, 2.05) is 18.2 Å². The predicted octanol–water partition coefficient (Wildman–Crippen LogP) is 3.61. The van der Waals surface area contributed by atoms with Gasteiger partial charge in [-0.3, -0.25) is 0 Å². The molecule has 0 fully saturated rings. The van der Waals surface area contributed by atoms with Crippen LogP contribution in [0, 0.1) is 0 Å². The number of primary amides is 1. The minimum absolute atomic E-state index is 0.561. The molecule has 1 aromatic heterocycles. The van der Waals surface area contributed by atoms with E-state index in [0.717, 1.165) is 16.0 Å². The maximum absolute atomic E-state index is 10.7. The van der Waals surface area contributed by atoms with Crippen LogP contribution in [0.25, 0.3) is 0 Å². The van der Waals surface area contributed by atoms with Gasteiger partial charge in [0.15, 0.2) is 0 Å². The lowest BCUT2D eigenvalue weighted by Gasteiger charge is -2.07. The zero-order valence-electron chi connectivity index (χ0n) is 9.44. The molecule has 0 aliphatic heterocycles. The number of carbonyl (C=O) groups is 1. The third-order valence-corrected chi connectivity index (χ3v) is 3.80. The Kier molecular flexibility index (Phi) is 4.22. The highest BCUT2D eigenvalue weighted by atomic mass is 79.9. The molecule has 1 aromatic carbocycles. The predicted molar refractivity (Wildman–Crippen MR) is 79.0 cm³/mol. The minimum Gasteiger partial charge on any atom is -0.381 e. The molecule has 0 aliphatic carbocycles. The van der Waals surface area contributed by atoms with Crippen molar-refractivity contribution >= 4 is 44.7 Å². The highest BCUT2D eigenvalue weighted by Gasteiger charge is 2.00. The summed E-state index contributed by atoms with van der Waals surface area (Å²) in [6.45, 7) is 0.738. The Morgan fingerprint density at radius 3 is 2.78 bits per heavy atom. The Morgan fingerprint density at radius 2 is 2.11 bits per heavy atom. The molecule has 0 saturated carbocycles. The number of thiophene rings is 1. The van der Waals surface area contributed by atoms with Gasteiger partial charge in [0.25, 0.3) is 0 Å². The van der Waals surface area contributed by atoms with Gasteiger partial charge >= 0.3 is 6.03 Å². The second kappa shape index (κ2) is 5.88. The largest absolute Gasteiger partial charge is 0.381 e. The minimum atomic E-state index is -0.561. The number of halogens is 1. The maximum atomic E-state index is 10.7. The molecule has 2 aromatic rings. The zero-order valence-corrected chi connectivity index (χ0v) is 11.8. The van der Waals surface area contributed by atoms with E-state index >= 15 is 0 Å². The number of hydrogen-bond acceptors (Lipinski definition) is 3. The fraction of sp³-hybridized carbons (Fsp3) is 0.0833. The van der Waals surface area contributed by atoms with Crippen molar-refractivity contribution in [3.63, 3.8) is 0 Å². The quantitative estimate of drug-likeness (QED) is 0.803. The zero-order chi connectivity index (χ0) is 13.0. The lowest BCUT2D eigenvalue weighted by atomic mass is 10.2. The van der Waals surface area contributed by atoms with E-state index in [0.29, 0.717) is 5.69 Å². The summed E-state index contributed by atoms with van der Waals surface area (Å²) < 4.78 is 1.11. The number of rotatable bonds is 4. The molecule has 2 rings (SSSR count). The fourth-order valence-electron chi connectivity index (χ4n) is 1.49. The summed E-state index contributed by atoms with van der Waals surface area (Å²) in [7, 11) is 0. The first kappa shape index (κ1) is 12.9. The van der Waals surface area contributed by atoms with Gasteiger partial charge in [0.2, 0.25) is 0 Å². The molecule has 4 N–H and O–H groups in total. The summed E-state index contributed by atoms with van der Waals surface area (Å²) in [5.41, 5.74) is 7.89. The van der Waals surface area contributed by atoms with Crippen molar-refractivity contribution in [3.05, 3.63) is 45.1 Å². The number of nitrogens with one attached hydrogen (secondary N) is 2. The molecule has 1 heterocycles.